The molecule has 0 aromatic heterocycles. The van der Waals surface area contributed by atoms with Crippen LogP contribution in [0.15, 0.2) is 54.6 Å². The molecule has 24 heavy (non-hydrogen) atoms. The second-order valence-electron chi connectivity index (χ2n) is 6.02. The monoisotopic (exact) mass is 346 g/mol. The molecule has 1 saturated carbocycles. The van der Waals surface area contributed by atoms with Crippen molar-refractivity contribution in [3.63, 3.8) is 0 Å². The minimum absolute atomic E-state index is 0. The summed E-state index contributed by atoms with van der Waals surface area (Å²) in [5.74, 6) is 1.47. The van der Waals surface area contributed by atoms with Gasteiger partial charge in [-0.15, -0.1) is 12.4 Å². The van der Waals surface area contributed by atoms with E-state index in [2.05, 4.69) is 5.32 Å². The lowest BCUT2D eigenvalue weighted by Crippen LogP contribution is -2.40. The highest BCUT2D eigenvalue weighted by Crippen LogP contribution is 2.22. The fourth-order valence-electron chi connectivity index (χ4n) is 2.83. The summed E-state index contributed by atoms with van der Waals surface area (Å²) < 4.78 is 5.73. The Morgan fingerprint density at radius 3 is 2.12 bits per heavy atom. The number of ether oxygens (including phenoxy) is 1. The average molecular weight is 347 g/mol. The van der Waals surface area contributed by atoms with E-state index in [1.165, 1.54) is 0 Å². The van der Waals surface area contributed by atoms with Crippen LogP contribution in [0, 0.1) is 0 Å². The molecule has 3 rings (SSSR count). The molecule has 2 aromatic carbocycles. The zero-order valence-corrected chi connectivity index (χ0v) is 14.3. The van der Waals surface area contributed by atoms with Gasteiger partial charge in [0.05, 0.1) is 0 Å². The summed E-state index contributed by atoms with van der Waals surface area (Å²) in [4.78, 5) is 12.3. The third-order valence-corrected chi connectivity index (χ3v) is 4.20. The SMILES string of the molecule is Cl.NC1CCC(NC(=O)c2ccc(Oc3ccccc3)cc2)CC1. The van der Waals surface area contributed by atoms with Crippen LogP contribution < -0.4 is 15.8 Å². The Hall–Kier alpha value is -2.04. The Morgan fingerprint density at radius 2 is 1.50 bits per heavy atom. The molecule has 0 spiro atoms. The second kappa shape index (κ2) is 8.71. The molecule has 0 radical (unpaired) electrons. The Kier molecular flexibility index (Phi) is 6.64. The van der Waals surface area contributed by atoms with Gasteiger partial charge >= 0.3 is 0 Å². The third kappa shape index (κ3) is 4.98. The number of nitrogens with one attached hydrogen (secondary N) is 1. The number of para-hydroxylation sites is 1. The van der Waals surface area contributed by atoms with Gasteiger partial charge in [0.15, 0.2) is 0 Å². The number of carbonyl (C=O) groups excluding carboxylic acids is 1. The number of nitrogens with two attached hydrogens (primary N) is 1. The van der Waals surface area contributed by atoms with Crippen molar-refractivity contribution < 1.29 is 9.53 Å². The molecule has 128 valence electrons. The minimum atomic E-state index is -0.0308. The van der Waals surface area contributed by atoms with Gasteiger partial charge in [0, 0.05) is 17.6 Å². The minimum Gasteiger partial charge on any atom is -0.457 e. The molecule has 0 bridgehead atoms. The maximum atomic E-state index is 12.3. The van der Waals surface area contributed by atoms with Crippen LogP contribution in [0.1, 0.15) is 36.0 Å². The first-order valence-corrected chi connectivity index (χ1v) is 8.10. The van der Waals surface area contributed by atoms with E-state index >= 15 is 0 Å². The molecule has 1 aliphatic carbocycles. The lowest BCUT2D eigenvalue weighted by molar-refractivity contribution is 0.0926. The van der Waals surface area contributed by atoms with E-state index in [9.17, 15) is 4.79 Å². The van der Waals surface area contributed by atoms with Crippen molar-refractivity contribution in [3.05, 3.63) is 60.2 Å². The number of hydrogen-bond donors (Lipinski definition) is 2. The maximum absolute atomic E-state index is 12.3. The fraction of sp³-hybridized carbons (Fsp3) is 0.316. The first-order valence-electron chi connectivity index (χ1n) is 8.10. The summed E-state index contributed by atoms with van der Waals surface area (Å²) >= 11 is 0. The van der Waals surface area contributed by atoms with Crippen LogP contribution in [0.3, 0.4) is 0 Å². The van der Waals surface area contributed by atoms with Gasteiger partial charge in [-0.2, -0.15) is 0 Å². The number of benzene rings is 2. The number of halogens is 1. The Morgan fingerprint density at radius 1 is 0.917 bits per heavy atom. The van der Waals surface area contributed by atoms with Crippen molar-refractivity contribution in [2.75, 3.05) is 0 Å². The fourth-order valence-corrected chi connectivity index (χ4v) is 2.83. The molecule has 0 aliphatic heterocycles. The standard InChI is InChI=1S/C19H22N2O2.ClH/c20-15-8-10-16(11-9-15)21-19(22)14-6-12-18(13-7-14)23-17-4-2-1-3-5-17;/h1-7,12-13,15-16H,8-11,20H2,(H,21,22);1H. The van der Waals surface area contributed by atoms with Gasteiger partial charge in [0.1, 0.15) is 11.5 Å². The molecule has 0 unspecified atom stereocenters. The van der Waals surface area contributed by atoms with Crippen LogP contribution in [0.25, 0.3) is 0 Å². The van der Waals surface area contributed by atoms with Gasteiger partial charge in [-0.3, -0.25) is 4.79 Å². The van der Waals surface area contributed by atoms with Crippen LogP contribution in [-0.4, -0.2) is 18.0 Å². The Bertz CT molecular complexity index is 638. The predicted octanol–water partition coefficient (Wildman–Crippen LogP) is 3.90. The van der Waals surface area contributed by atoms with Gasteiger partial charge in [-0.1, -0.05) is 18.2 Å². The van der Waals surface area contributed by atoms with Crippen LogP contribution in [-0.2, 0) is 0 Å². The van der Waals surface area contributed by atoms with E-state index in [0.29, 0.717) is 5.56 Å². The zero-order chi connectivity index (χ0) is 16.1. The lowest BCUT2D eigenvalue weighted by Gasteiger charge is -2.26. The molecule has 1 aliphatic rings. The third-order valence-electron chi connectivity index (χ3n) is 4.20. The quantitative estimate of drug-likeness (QED) is 0.882. The van der Waals surface area contributed by atoms with E-state index in [-0.39, 0.29) is 30.4 Å². The van der Waals surface area contributed by atoms with Crippen molar-refractivity contribution in [2.45, 2.75) is 37.8 Å². The molecular formula is C19H23ClN2O2. The largest absolute Gasteiger partial charge is 0.457 e. The van der Waals surface area contributed by atoms with Crippen LogP contribution in [0.2, 0.25) is 0 Å². The highest BCUT2D eigenvalue weighted by Gasteiger charge is 2.20. The summed E-state index contributed by atoms with van der Waals surface area (Å²) in [5, 5.41) is 3.09. The van der Waals surface area contributed by atoms with Crippen molar-refractivity contribution in [2.24, 2.45) is 5.73 Å². The molecular weight excluding hydrogens is 324 g/mol. The van der Waals surface area contributed by atoms with E-state index in [4.69, 9.17) is 10.5 Å². The van der Waals surface area contributed by atoms with E-state index in [1.807, 2.05) is 42.5 Å². The lowest BCUT2D eigenvalue weighted by atomic mass is 9.91. The number of amides is 1. The first-order chi connectivity index (χ1) is 11.2. The van der Waals surface area contributed by atoms with E-state index in [0.717, 1.165) is 37.2 Å². The Balaban J connectivity index is 0.00000208. The molecule has 0 heterocycles. The normalized spacial score (nSPS) is 19.9. The van der Waals surface area contributed by atoms with Crippen molar-refractivity contribution in [3.8, 4) is 11.5 Å². The van der Waals surface area contributed by atoms with Gasteiger partial charge < -0.3 is 15.8 Å². The van der Waals surface area contributed by atoms with Gasteiger partial charge in [-0.25, -0.2) is 0 Å². The molecule has 5 heteroatoms. The molecule has 1 amide bonds. The average Bonchev–Trinajstić information content (AvgIpc) is 2.58. The summed E-state index contributed by atoms with van der Waals surface area (Å²) in [5.41, 5.74) is 6.55. The van der Waals surface area contributed by atoms with Gasteiger partial charge in [-0.05, 0) is 62.1 Å². The summed E-state index contributed by atoms with van der Waals surface area (Å²) in [6, 6.07) is 17.3. The van der Waals surface area contributed by atoms with Crippen molar-refractivity contribution >= 4 is 18.3 Å². The second-order valence-corrected chi connectivity index (χ2v) is 6.02. The first kappa shape index (κ1) is 18.3. The van der Waals surface area contributed by atoms with Crippen LogP contribution in [0.5, 0.6) is 11.5 Å². The van der Waals surface area contributed by atoms with Crippen LogP contribution >= 0.6 is 12.4 Å². The van der Waals surface area contributed by atoms with Gasteiger partial charge in [0.2, 0.25) is 0 Å². The van der Waals surface area contributed by atoms with Gasteiger partial charge in [0.25, 0.3) is 5.91 Å². The summed E-state index contributed by atoms with van der Waals surface area (Å²) in [6.45, 7) is 0. The molecule has 2 aromatic rings. The number of rotatable bonds is 4. The highest BCUT2D eigenvalue weighted by molar-refractivity contribution is 5.94. The summed E-state index contributed by atoms with van der Waals surface area (Å²) in [6.07, 6.45) is 3.88. The molecule has 1 fully saturated rings. The molecule has 4 nitrogen and oxygen atoms in total. The van der Waals surface area contributed by atoms with Crippen molar-refractivity contribution in [1.29, 1.82) is 0 Å². The zero-order valence-electron chi connectivity index (χ0n) is 13.5. The van der Waals surface area contributed by atoms with Crippen molar-refractivity contribution in [1.82, 2.24) is 5.32 Å². The smallest absolute Gasteiger partial charge is 0.251 e. The number of hydrogen-bond acceptors (Lipinski definition) is 3. The molecule has 0 saturated heterocycles. The number of carbonyl (C=O) groups is 1. The van der Waals surface area contributed by atoms with Crippen LogP contribution in [0.4, 0.5) is 0 Å². The van der Waals surface area contributed by atoms with E-state index in [1.54, 1.807) is 12.1 Å². The highest BCUT2D eigenvalue weighted by atomic mass is 35.5. The van der Waals surface area contributed by atoms with E-state index < -0.39 is 0 Å². The molecule has 0 atom stereocenters. The topological polar surface area (TPSA) is 64.3 Å². The summed E-state index contributed by atoms with van der Waals surface area (Å²) in [7, 11) is 0. The maximum Gasteiger partial charge on any atom is 0.251 e. The Labute approximate surface area is 148 Å². The predicted molar refractivity (Wildman–Crippen MR) is 97.9 cm³/mol. The molecule has 3 N–H and O–H groups in total.